The summed E-state index contributed by atoms with van der Waals surface area (Å²) in [5.74, 6) is -2.21. The zero-order valence-electron chi connectivity index (χ0n) is 11.1. The molecular formula is C13H16N2O5. The van der Waals surface area contributed by atoms with Gasteiger partial charge >= 0.3 is 11.9 Å². The molecule has 0 spiro atoms. The number of aromatic nitrogens is 1. The van der Waals surface area contributed by atoms with Crippen molar-refractivity contribution >= 4 is 17.8 Å². The summed E-state index contributed by atoms with van der Waals surface area (Å²) in [7, 11) is 1.26. The summed E-state index contributed by atoms with van der Waals surface area (Å²) in [6.07, 6.45) is 2.59. The van der Waals surface area contributed by atoms with E-state index in [2.05, 4.69) is 9.72 Å². The van der Waals surface area contributed by atoms with Gasteiger partial charge in [0.05, 0.1) is 13.5 Å². The average Bonchev–Trinajstić information content (AvgIpc) is 2.43. The van der Waals surface area contributed by atoms with Crippen molar-refractivity contribution in [2.24, 2.45) is 0 Å². The minimum atomic E-state index is -1.20. The monoisotopic (exact) mass is 280 g/mol. The molecule has 1 rings (SSSR count). The third-order valence-electron chi connectivity index (χ3n) is 2.56. The summed E-state index contributed by atoms with van der Waals surface area (Å²) in [6, 6.07) is 3.49. The summed E-state index contributed by atoms with van der Waals surface area (Å²) in [4.78, 5) is 38.8. The number of carboxylic acid groups (broad SMARTS) is 1. The highest BCUT2D eigenvalue weighted by molar-refractivity contribution is 5.93. The molecular weight excluding hydrogens is 264 g/mol. The van der Waals surface area contributed by atoms with Crippen LogP contribution in [0.15, 0.2) is 24.5 Å². The van der Waals surface area contributed by atoms with E-state index in [1.807, 2.05) is 0 Å². The molecule has 0 aliphatic rings. The van der Waals surface area contributed by atoms with Crippen LogP contribution in [-0.4, -0.2) is 46.5 Å². The maximum Gasteiger partial charge on any atom is 0.312 e. The number of aliphatic carboxylic acids is 1. The Morgan fingerprint density at radius 3 is 2.70 bits per heavy atom. The lowest BCUT2D eigenvalue weighted by atomic mass is 10.2. The van der Waals surface area contributed by atoms with Crippen LogP contribution < -0.4 is 0 Å². The van der Waals surface area contributed by atoms with Gasteiger partial charge in [0.1, 0.15) is 6.42 Å². The van der Waals surface area contributed by atoms with Gasteiger partial charge in [-0.15, -0.1) is 0 Å². The molecule has 0 atom stereocenters. The maximum atomic E-state index is 11.8. The van der Waals surface area contributed by atoms with Crippen molar-refractivity contribution in [2.75, 3.05) is 13.7 Å². The zero-order chi connectivity index (χ0) is 15.0. The van der Waals surface area contributed by atoms with Gasteiger partial charge in [-0.3, -0.25) is 19.4 Å². The molecule has 0 saturated carbocycles. The fourth-order valence-corrected chi connectivity index (χ4v) is 1.57. The van der Waals surface area contributed by atoms with Crippen molar-refractivity contribution < 1.29 is 24.2 Å². The molecule has 7 nitrogen and oxygen atoms in total. The minimum Gasteiger partial charge on any atom is -0.481 e. The third kappa shape index (κ3) is 5.47. The van der Waals surface area contributed by atoms with Crippen molar-refractivity contribution in [1.82, 2.24) is 9.88 Å². The van der Waals surface area contributed by atoms with E-state index in [0.29, 0.717) is 0 Å². The number of carboxylic acids is 1. The summed E-state index contributed by atoms with van der Waals surface area (Å²) in [6.45, 7) is 0.310. The Morgan fingerprint density at radius 2 is 2.15 bits per heavy atom. The van der Waals surface area contributed by atoms with E-state index < -0.39 is 24.3 Å². The summed E-state index contributed by atoms with van der Waals surface area (Å²) in [5, 5.41) is 8.67. The second-order valence-corrected chi connectivity index (χ2v) is 4.07. The van der Waals surface area contributed by atoms with Crippen LogP contribution in [0.25, 0.3) is 0 Å². The van der Waals surface area contributed by atoms with Gasteiger partial charge in [0.2, 0.25) is 5.91 Å². The van der Waals surface area contributed by atoms with Crippen molar-refractivity contribution in [1.29, 1.82) is 0 Å². The molecule has 0 fully saturated rings. The van der Waals surface area contributed by atoms with E-state index in [1.165, 1.54) is 12.0 Å². The predicted molar refractivity (Wildman–Crippen MR) is 68.5 cm³/mol. The van der Waals surface area contributed by atoms with Crippen molar-refractivity contribution in [2.45, 2.75) is 19.4 Å². The SMILES string of the molecule is COC(=O)CCN(Cc1cccnc1)C(=O)CC(=O)O. The van der Waals surface area contributed by atoms with Gasteiger partial charge in [-0.2, -0.15) is 0 Å². The van der Waals surface area contributed by atoms with E-state index in [-0.39, 0.29) is 19.5 Å². The fourth-order valence-electron chi connectivity index (χ4n) is 1.57. The van der Waals surface area contributed by atoms with E-state index in [1.54, 1.807) is 24.5 Å². The normalized spacial score (nSPS) is 9.85. The molecule has 1 aromatic heterocycles. The molecule has 1 amide bonds. The molecule has 0 saturated heterocycles. The third-order valence-corrected chi connectivity index (χ3v) is 2.56. The molecule has 0 radical (unpaired) electrons. The lowest BCUT2D eigenvalue weighted by Gasteiger charge is -2.21. The highest BCUT2D eigenvalue weighted by Gasteiger charge is 2.18. The number of hydrogen-bond acceptors (Lipinski definition) is 5. The molecule has 0 aliphatic heterocycles. The number of esters is 1. The van der Waals surface area contributed by atoms with E-state index in [4.69, 9.17) is 5.11 Å². The first kappa shape index (κ1) is 15.6. The first-order valence-electron chi connectivity index (χ1n) is 5.98. The van der Waals surface area contributed by atoms with Crippen LogP contribution in [0.4, 0.5) is 0 Å². The van der Waals surface area contributed by atoms with Crippen molar-refractivity contribution in [3.63, 3.8) is 0 Å². The van der Waals surface area contributed by atoms with Crippen LogP contribution in [0.1, 0.15) is 18.4 Å². The van der Waals surface area contributed by atoms with E-state index in [0.717, 1.165) is 5.56 Å². The zero-order valence-corrected chi connectivity index (χ0v) is 11.1. The standard InChI is InChI=1S/C13H16N2O5/c1-20-13(19)4-6-15(11(16)7-12(17)18)9-10-3-2-5-14-8-10/h2-3,5,8H,4,6-7,9H2,1H3,(H,17,18). The number of amides is 1. The number of rotatable bonds is 7. The molecule has 7 heteroatoms. The molecule has 1 aromatic rings. The Bertz CT molecular complexity index is 475. The highest BCUT2D eigenvalue weighted by atomic mass is 16.5. The molecule has 1 N–H and O–H groups in total. The van der Waals surface area contributed by atoms with Crippen molar-refractivity contribution in [3.8, 4) is 0 Å². The molecule has 108 valence electrons. The molecule has 20 heavy (non-hydrogen) atoms. The molecule has 0 bridgehead atoms. The second-order valence-electron chi connectivity index (χ2n) is 4.07. The van der Waals surface area contributed by atoms with Crippen molar-refractivity contribution in [3.05, 3.63) is 30.1 Å². The summed E-state index contributed by atoms with van der Waals surface area (Å²) < 4.78 is 4.51. The number of methoxy groups -OCH3 is 1. The van der Waals surface area contributed by atoms with Crippen LogP contribution in [0.2, 0.25) is 0 Å². The van der Waals surface area contributed by atoms with Crippen LogP contribution in [-0.2, 0) is 25.7 Å². The van der Waals surface area contributed by atoms with E-state index >= 15 is 0 Å². The van der Waals surface area contributed by atoms with Gasteiger partial charge in [-0.1, -0.05) is 6.07 Å². The molecule has 0 aromatic carbocycles. The number of nitrogens with zero attached hydrogens (tertiary/aromatic N) is 2. The van der Waals surface area contributed by atoms with Gasteiger partial charge in [0.25, 0.3) is 0 Å². The Labute approximate surface area is 116 Å². The van der Waals surface area contributed by atoms with Crippen LogP contribution >= 0.6 is 0 Å². The Kier molecular flexibility index (Phi) is 6.15. The lowest BCUT2D eigenvalue weighted by Crippen LogP contribution is -2.34. The van der Waals surface area contributed by atoms with Gasteiger partial charge in [-0.05, 0) is 11.6 Å². The maximum absolute atomic E-state index is 11.8. The minimum absolute atomic E-state index is 0.0160. The predicted octanol–water partition coefficient (Wildman–Crippen LogP) is 0.448. The Hall–Kier alpha value is -2.44. The van der Waals surface area contributed by atoms with Gasteiger partial charge in [0, 0.05) is 25.5 Å². The van der Waals surface area contributed by atoms with Gasteiger partial charge < -0.3 is 14.7 Å². The topological polar surface area (TPSA) is 96.8 Å². The molecule has 0 unspecified atom stereocenters. The number of carbonyl (C=O) groups excluding carboxylic acids is 2. The number of carbonyl (C=O) groups is 3. The largest absolute Gasteiger partial charge is 0.481 e. The summed E-state index contributed by atoms with van der Waals surface area (Å²) in [5.41, 5.74) is 0.760. The number of hydrogen-bond donors (Lipinski definition) is 1. The fraction of sp³-hybridized carbons (Fsp3) is 0.385. The quantitative estimate of drug-likeness (QED) is 0.575. The molecule has 0 aliphatic carbocycles. The average molecular weight is 280 g/mol. The smallest absolute Gasteiger partial charge is 0.312 e. The van der Waals surface area contributed by atoms with Crippen LogP contribution in [0, 0.1) is 0 Å². The number of ether oxygens (including phenoxy) is 1. The first-order chi connectivity index (χ1) is 9.52. The lowest BCUT2D eigenvalue weighted by molar-refractivity contribution is -0.145. The molecule has 1 heterocycles. The highest BCUT2D eigenvalue weighted by Crippen LogP contribution is 2.06. The van der Waals surface area contributed by atoms with Crippen LogP contribution in [0.5, 0.6) is 0 Å². The van der Waals surface area contributed by atoms with E-state index in [9.17, 15) is 14.4 Å². The Balaban J connectivity index is 2.70. The Morgan fingerprint density at radius 1 is 1.40 bits per heavy atom. The summed E-state index contributed by atoms with van der Waals surface area (Å²) >= 11 is 0. The van der Waals surface area contributed by atoms with Gasteiger partial charge in [0.15, 0.2) is 0 Å². The number of pyridine rings is 1. The first-order valence-corrected chi connectivity index (χ1v) is 5.98. The van der Waals surface area contributed by atoms with Crippen LogP contribution in [0.3, 0.4) is 0 Å². The second kappa shape index (κ2) is 7.88. The van der Waals surface area contributed by atoms with Gasteiger partial charge in [-0.25, -0.2) is 0 Å².